The van der Waals surface area contributed by atoms with Crippen LogP contribution in [0.2, 0.25) is 0 Å². The van der Waals surface area contributed by atoms with Crippen LogP contribution in [0.25, 0.3) is 10.2 Å². The zero-order valence-corrected chi connectivity index (χ0v) is 16.3. The fourth-order valence-electron chi connectivity index (χ4n) is 3.41. The highest BCUT2D eigenvalue weighted by molar-refractivity contribution is 7.20. The molecule has 1 aliphatic rings. The molecule has 0 radical (unpaired) electrons. The van der Waals surface area contributed by atoms with Crippen LogP contribution in [0.3, 0.4) is 0 Å². The zero-order chi connectivity index (χ0) is 19.7. The average molecular weight is 396 g/mol. The van der Waals surface area contributed by atoms with Crippen molar-refractivity contribution in [2.75, 3.05) is 18.4 Å². The Morgan fingerprint density at radius 1 is 1.18 bits per heavy atom. The van der Waals surface area contributed by atoms with Gasteiger partial charge in [-0.15, -0.1) is 11.3 Å². The number of rotatable bonds is 4. The van der Waals surface area contributed by atoms with Crippen molar-refractivity contribution < 1.29 is 9.59 Å². The lowest BCUT2D eigenvalue weighted by atomic mass is 10.2. The van der Waals surface area contributed by atoms with Crippen LogP contribution in [0.15, 0.2) is 41.5 Å². The van der Waals surface area contributed by atoms with E-state index in [0.29, 0.717) is 26.3 Å². The number of aromatic nitrogens is 2. The summed E-state index contributed by atoms with van der Waals surface area (Å²) in [5.41, 5.74) is 0.991. The molecule has 0 bridgehead atoms. The van der Waals surface area contributed by atoms with Gasteiger partial charge in [-0.1, -0.05) is 18.2 Å². The van der Waals surface area contributed by atoms with Crippen LogP contribution >= 0.6 is 11.3 Å². The first-order valence-electron chi connectivity index (χ1n) is 9.17. The van der Waals surface area contributed by atoms with Crippen molar-refractivity contribution in [2.24, 2.45) is 0 Å². The number of carbonyl (C=O) groups excluding carboxylic acids is 2. The second kappa shape index (κ2) is 7.55. The standard InChI is InChI=1S/C20H20N4O3S/c1-13-16-19(28-17(13)18(26)22-14-7-3-2-4-8-14)21-12-24(20(16)27)11-15(25)23-9-5-6-10-23/h2-4,7-8,12H,5-6,9-11H2,1H3,(H,22,26). The summed E-state index contributed by atoms with van der Waals surface area (Å²) < 4.78 is 1.33. The van der Waals surface area contributed by atoms with Crippen molar-refractivity contribution in [3.05, 3.63) is 57.5 Å². The molecule has 1 aromatic carbocycles. The van der Waals surface area contributed by atoms with E-state index in [1.165, 1.54) is 22.2 Å². The highest BCUT2D eigenvalue weighted by Crippen LogP contribution is 2.27. The molecule has 0 spiro atoms. The third kappa shape index (κ3) is 3.43. The number of para-hydroxylation sites is 1. The van der Waals surface area contributed by atoms with Crippen molar-refractivity contribution >= 4 is 39.1 Å². The van der Waals surface area contributed by atoms with E-state index in [4.69, 9.17) is 0 Å². The van der Waals surface area contributed by atoms with E-state index in [-0.39, 0.29) is 23.9 Å². The lowest BCUT2D eigenvalue weighted by Gasteiger charge is -2.15. The van der Waals surface area contributed by atoms with Gasteiger partial charge in [-0.05, 0) is 37.5 Å². The Hall–Kier alpha value is -3.00. The van der Waals surface area contributed by atoms with Crippen LogP contribution in [-0.4, -0.2) is 39.4 Å². The molecule has 28 heavy (non-hydrogen) atoms. The fourth-order valence-corrected chi connectivity index (χ4v) is 4.44. The largest absolute Gasteiger partial charge is 0.341 e. The molecule has 4 rings (SSSR count). The molecule has 8 heteroatoms. The first-order chi connectivity index (χ1) is 13.5. The van der Waals surface area contributed by atoms with Gasteiger partial charge in [0.15, 0.2) is 0 Å². The number of amides is 2. The van der Waals surface area contributed by atoms with E-state index in [1.807, 2.05) is 18.2 Å². The fraction of sp³-hybridized carbons (Fsp3) is 0.300. The number of nitrogens with one attached hydrogen (secondary N) is 1. The van der Waals surface area contributed by atoms with Gasteiger partial charge in [0, 0.05) is 18.8 Å². The molecule has 3 heterocycles. The molecule has 2 amide bonds. The van der Waals surface area contributed by atoms with Gasteiger partial charge in [-0.2, -0.15) is 0 Å². The van der Waals surface area contributed by atoms with Gasteiger partial charge >= 0.3 is 0 Å². The number of carbonyl (C=O) groups is 2. The van der Waals surface area contributed by atoms with Crippen LogP contribution in [0.1, 0.15) is 28.1 Å². The van der Waals surface area contributed by atoms with E-state index in [1.54, 1.807) is 24.0 Å². The molecule has 0 unspecified atom stereocenters. The van der Waals surface area contributed by atoms with Gasteiger partial charge in [0.2, 0.25) is 5.91 Å². The minimum atomic E-state index is -0.287. The maximum atomic E-state index is 12.9. The number of hydrogen-bond donors (Lipinski definition) is 1. The van der Waals surface area contributed by atoms with Crippen LogP contribution < -0.4 is 10.9 Å². The Bertz CT molecular complexity index is 1100. The molecular formula is C20H20N4O3S. The van der Waals surface area contributed by atoms with E-state index < -0.39 is 0 Å². The lowest BCUT2D eigenvalue weighted by molar-refractivity contribution is -0.130. The van der Waals surface area contributed by atoms with Gasteiger partial charge in [0.1, 0.15) is 11.4 Å². The quantitative estimate of drug-likeness (QED) is 0.735. The molecule has 1 fully saturated rings. The van der Waals surface area contributed by atoms with Crippen molar-refractivity contribution in [1.82, 2.24) is 14.5 Å². The lowest BCUT2D eigenvalue weighted by Crippen LogP contribution is -2.34. The van der Waals surface area contributed by atoms with E-state index in [2.05, 4.69) is 10.3 Å². The predicted molar refractivity (Wildman–Crippen MR) is 109 cm³/mol. The Morgan fingerprint density at radius 3 is 2.61 bits per heavy atom. The Morgan fingerprint density at radius 2 is 1.89 bits per heavy atom. The van der Waals surface area contributed by atoms with Gasteiger partial charge < -0.3 is 10.2 Å². The third-order valence-electron chi connectivity index (χ3n) is 4.92. The first-order valence-corrected chi connectivity index (χ1v) is 9.99. The number of benzene rings is 1. The van der Waals surface area contributed by atoms with Crippen molar-refractivity contribution in [3.8, 4) is 0 Å². The maximum Gasteiger partial charge on any atom is 0.266 e. The van der Waals surface area contributed by atoms with Gasteiger partial charge in [-0.3, -0.25) is 19.0 Å². The molecule has 0 atom stereocenters. The number of likely N-dealkylation sites (tertiary alicyclic amines) is 1. The zero-order valence-electron chi connectivity index (χ0n) is 15.5. The summed E-state index contributed by atoms with van der Waals surface area (Å²) in [5, 5.41) is 3.24. The summed E-state index contributed by atoms with van der Waals surface area (Å²) in [6.07, 6.45) is 3.40. The van der Waals surface area contributed by atoms with E-state index in [0.717, 1.165) is 25.9 Å². The highest BCUT2D eigenvalue weighted by Gasteiger charge is 2.22. The number of fused-ring (bicyclic) bond motifs is 1. The second-order valence-electron chi connectivity index (χ2n) is 6.82. The van der Waals surface area contributed by atoms with E-state index >= 15 is 0 Å². The van der Waals surface area contributed by atoms with Crippen molar-refractivity contribution in [3.63, 3.8) is 0 Å². The summed E-state index contributed by atoms with van der Waals surface area (Å²) in [6, 6.07) is 9.15. The number of anilines is 1. The normalized spacial score (nSPS) is 13.8. The summed E-state index contributed by atoms with van der Waals surface area (Å²) in [7, 11) is 0. The molecule has 0 aliphatic carbocycles. The molecule has 7 nitrogen and oxygen atoms in total. The van der Waals surface area contributed by atoms with Crippen LogP contribution in [-0.2, 0) is 11.3 Å². The molecule has 3 aromatic rings. The predicted octanol–water partition coefficient (Wildman–Crippen LogP) is 2.64. The number of thiophene rings is 1. The topological polar surface area (TPSA) is 84.3 Å². The van der Waals surface area contributed by atoms with Crippen LogP contribution in [0.4, 0.5) is 5.69 Å². The summed E-state index contributed by atoms with van der Waals surface area (Å²) in [4.78, 5) is 45.0. The maximum absolute atomic E-state index is 12.9. The molecule has 1 N–H and O–H groups in total. The van der Waals surface area contributed by atoms with Crippen molar-refractivity contribution in [2.45, 2.75) is 26.3 Å². The van der Waals surface area contributed by atoms with Gasteiger partial charge in [0.05, 0.1) is 16.6 Å². The number of hydrogen-bond acceptors (Lipinski definition) is 5. The first kappa shape index (κ1) is 18.4. The minimum absolute atomic E-state index is 0.0252. The summed E-state index contributed by atoms with van der Waals surface area (Å²) >= 11 is 1.19. The molecule has 1 aliphatic heterocycles. The molecular weight excluding hydrogens is 376 g/mol. The van der Waals surface area contributed by atoms with Crippen molar-refractivity contribution in [1.29, 1.82) is 0 Å². The van der Waals surface area contributed by atoms with Crippen LogP contribution in [0, 0.1) is 6.92 Å². The summed E-state index contributed by atoms with van der Waals surface area (Å²) in [5.74, 6) is -0.346. The minimum Gasteiger partial charge on any atom is -0.341 e. The second-order valence-corrected chi connectivity index (χ2v) is 7.82. The monoisotopic (exact) mass is 396 g/mol. The third-order valence-corrected chi connectivity index (χ3v) is 6.12. The average Bonchev–Trinajstić information content (AvgIpc) is 3.33. The molecule has 0 saturated carbocycles. The Kier molecular flexibility index (Phi) is 4.95. The van der Waals surface area contributed by atoms with Gasteiger partial charge in [0.25, 0.3) is 11.5 Å². The molecule has 1 saturated heterocycles. The number of aryl methyl sites for hydroxylation is 1. The van der Waals surface area contributed by atoms with E-state index in [9.17, 15) is 14.4 Å². The van der Waals surface area contributed by atoms with Crippen LogP contribution in [0.5, 0.6) is 0 Å². The smallest absolute Gasteiger partial charge is 0.266 e. The van der Waals surface area contributed by atoms with Gasteiger partial charge in [-0.25, -0.2) is 4.98 Å². The summed E-state index contributed by atoms with van der Waals surface area (Å²) in [6.45, 7) is 3.20. The Balaban J connectivity index is 1.63. The SMILES string of the molecule is Cc1c(C(=O)Nc2ccccc2)sc2ncn(CC(=O)N3CCCC3)c(=O)c12. The molecule has 144 valence electrons. The molecule has 2 aromatic heterocycles. The highest BCUT2D eigenvalue weighted by atomic mass is 32.1. The Labute approximate surface area is 165 Å². The number of nitrogens with zero attached hydrogens (tertiary/aromatic N) is 3.